The summed E-state index contributed by atoms with van der Waals surface area (Å²) in [6, 6.07) is 2.04. The quantitative estimate of drug-likeness (QED) is 0.738. The van der Waals surface area contributed by atoms with E-state index in [1.165, 1.54) is 31.2 Å². The zero-order valence-electron chi connectivity index (χ0n) is 14.6. The molecule has 0 atom stereocenters. The van der Waals surface area contributed by atoms with Crippen LogP contribution in [0.3, 0.4) is 0 Å². The Morgan fingerprint density at radius 2 is 1.88 bits per heavy atom. The van der Waals surface area contributed by atoms with Gasteiger partial charge in [0.15, 0.2) is 5.78 Å². The molecule has 3 heterocycles. The van der Waals surface area contributed by atoms with Gasteiger partial charge < -0.3 is 4.90 Å². The maximum atomic E-state index is 12.1. The number of carbonyl (C=O) groups is 2. The Balaban J connectivity index is 1.37. The molecule has 24 heavy (non-hydrogen) atoms. The third-order valence-corrected chi connectivity index (χ3v) is 6.42. The maximum Gasteiger partial charge on any atom is 0.222 e. The molecule has 2 aliphatic rings. The summed E-state index contributed by atoms with van der Waals surface area (Å²) in [5.41, 5.74) is 1.26. The van der Waals surface area contributed by atoms with Gasteiger partial charge in [0, 0.05) is 26.1 Å². The van der Waals surface area contributed by atoms with Crippen molar-refractivity contribution in [3.63, 3.8) is 0 Å². The Bertz CT molecular complexity index is 570. The summed E-state index contributed by atoms with van der Waals surface area (Å²) in [4.78, 5) is 28.9. The molecule has 1 aromatic rings. The third kappa shape index (κ3) is 4.67. The first-order valence-corrected chi connectivity index (χ1v) is 10.1. The SMILES string of the molecule is CC(=O)c1cc(CN2CCC(CCC(=O)N3CCCC3)CC2)cs1. The van der Waals surface area contributed by atoms with Crippen molar-refractivity contribution in [3.05, 3.63) is 21.9 Å². The summed E-state index contributed by atoms with van der Waals surface area (Å²) < 4.78 is 0. The van der Waals surface area contributed by atoms with Gasteiger partial charge in [-0.1, -0.05) is 0 Å². The average molecular weight is 349 g/mol. The van der Waals surface area contributed by atoms with Crippen molar-refractivity contribution >= 4 is 23.0 Å². The number of thiophene rings is 1. The Morgan fingerprint density at radius 1 is 1.17 bits per heavy atom. The summed E-state index contributed by atoms with van der Waals surface area (Å²) in [5, 5.41) is 2.11. The van der Waals surface area contributed by atoms with Crippen molar-refractivity contribution in [2.75, 3.05) is 26.2 Å². The van der Waals surface area contributed by atoms with Crippen LogP contribution in [0.2, 0.25) is 0 Å². The van der Waals surface area contributed by atoms with Crippen LogP contribution in [0.1, 0.15) is 60.7 Å². The first-order chi connectivity index (χ1) is 11.6. The summed E-state index contributed by atoms with van der Waals surface area (Å²) in [7, 11) is 0. The number of carbonyl (C=O) groups excluding carboxylic acids is 2. The van der Waals surface area contributed by atoms with Crippen molar-refractivity contribution in [2.45, 2.75) is 52.0 Å². The number of amides is 1. The van der Waals surface area contributed by atoms with E-state index >= 15 is 0 Å². The number of hydrogen-bond donors (Lipinski definition) is 0. The zero-order chi connectivity index (χ0) is 16.9. The Labute approximate surface area is 148 Å². The molecule has 0 aliphatic carbocycles. The van der Waals surface area contributed by atoms with Crippen LogP contribution in [0.5, 0.6) is 0 Å². The summed E-state index contributed by atoms with van der Waals surface area (Å²) in [5.74, 6) is 1.22. The Kier molecular flexibility index (Phi) is 6.06. The smallest absolute Gasteiger partial charge is 0.222 e. The van der Waals surface area contributed by atoms with Gasteiger partial charge in [-0.2, -0.15) is 0 Å². The number of likely N-dealkylation sites (tertiary alicyclic amines) is 2. The van der Waals surface area contributed by atoms with Crippen LogP contribution in [-0.2, 0) is 11.3 Å². The topological polar surface area (TPSA) is 40.6 Å². The normalized spacial score (nSPS) is 19.8. The van der Waals surface area contributed by atoms with Gasteiger partial charge in [0.25, 0.3) is 0 Å². The zero-order valence-corrected chi connectivity index (χ0v) is 15.4. The predicted molar refractivity (Wildman–Crippen MR) is 97.4 cm³/mol. The average Bonchev–Trinajstić information content (AvgIpc) is 3.25. The molecule has 2 saturated heterocycles. The molecular formula is C19H28N2O2S. The van der Waals surface area contributed by atoms with E-state index in [9.17, 15) is 9.59 Å². The summed E-state index contributed by atoms with van der Waals surface area (Å²) in [6.07, 6.45) is 6.53. The van der Waals surface area contributed by atoms with Crippen LogP contribution >= 0.6 is 11.3 Å². The highest BCUT2D eigenvalue weighted by Crippen LogP contribution is 2.25. The fraction of sp³-hybridized carbons (Fsp3) is 0.684. The highest BCUT2D eigenvalue weighted by Gasteiger charge is 2.23. The van der Waals surface area contributed by atoms with Crippen LogP contribution in [0.15, 0.2) is 11.4 Å². The van der Waals surface area contributed by atoms with E-state index in [0.29, 0.717) is 11.8 Å². The van der Waals surface area contributed by atoms with E-state index in [4.69, 9.17) is 0 Å². The lowest BCUT2D eigenvalue weighted by Crippen LogP contribution is -2.34. The van der Waals surface area contributed by atoms with Crippen molar-refractivity contribution < 1.29 is 9.59 Å². The molecule has 0 N–H and O–H groups in total. The third-order valence-electron chi connectivity index (χ3n) is 5.34. The second-order valence-corrected chi connectivity index (χ2v) is 8.13. The highest BCUT2D eigenvalue weighted by atomic mass is 32.1. The first-order valence-electron chi connectivity index (χ1n) is 9.20. The highest BCUT2D eigenvalue weighted by molar-refractivity contribution is 7.12. The van der Waals surface area contributed by atoms with E-state index in [1.54, 1.807) is 18.3 Å². The molecule has 3 rings (SSSR count). The van der Waals surface area contributed by atoms with E-state index < -0.39 is 0 Å². The minimum atomic E-state index is 0.160. The molecule has 1 aromatic heterocycles. The minimum Gasteiger partial charge on any atom is -0.343 e. The molecule has 0 unspecified atom stereocenters. The van der Waals surface area contributed by atoms with Crippen molar-refractivity contribution in [1.29, 1.82) is 0 Å². The summed E-state index contributed by atoms with van der Waals surface area (Å²) >= 11 is 1.55. The lowest BCUT2D eigenvalue weighted by molar-refractivity contribution is -0.130. The number of rotatable bonds is 6. The molecule has 2 aliphatic heterocycles. The molecule has 0 radical (unpaired) electrons. The molecule has 0 bridgehead atoms. The van der Waals surface area contributed by atoms with Gasteiger partial charge in [0.2, 0.25) is 5.91 Å². The van der Waals surface area contributed by atoms with Gasteiger partial charge in [-0.25, -0.2) is 0 Å². The van der Waals surface area contributed by atoms with Crippen LogP contribution in [0.4, 0.5) is 0 Å². The molecule has 4 nitrogen and oxygen atoms in total. The number of nitrogens with zero attached hydrogens (tertiary/aromatic N) is 2. The first kappa shape index (κ1) is 17.6. The lowest BCUT2D eigenvalue weighted by atomic mass is 9.92. The van der Waals surface area contributed by atoms with Crippen molar-refractivity contribution in [1.82, 2.24) is 9.80 Å². The monoisotopic (exact) mass is 348 g/mol. The molecule has 0 spiro atoms. The molecule has 1 amide bonds. The molecule has 132 valence electrons. The van der Waals surface area contributed by atoms with E-state index in [0.717, 1.165) is 50.4 Å². The molecule has 0 saturated carbocycles. The van der Waals surface area contributed by atoms with Gasteiger partial charge in [-0.3, -0.25) is 14.5 Å². The van der Waals surface area contributed by atoms with Gasteiger partial charge in [0.05, 0.1) is 4.88 Å². The Hall–Kier alpha value is -1.20. The maximum absolute atomic E-state index is 12.1. The van der Waals surface area contributed by atoms with Crippen LogP contribution in [0.25, 0.3) is 0 Å². The van der Waals surface area contributed by atoms with Crippen molar-refractivity contribution in [3.8, 4) is 0 Å². The van der Waals surface area contributed by atoms with Crippen LogP contribution in [0, 0.1) is 5.92 Å². The fourth-order valence-corrected chi connectivity index (χ4v) is 4.59. The minimum absolute atomic E-state index is 0.160. The second-order valence-electron chi connectivity index (χ2n) is 7.22. The van der Waals surface area contributed by atoms with Crippen molar-refractivity contribution in [2.24, 2.45) is 5.92 Å². The predicted octanol–water partition coefficient (Wildman–Crippen LogP) is 3.57. The van der Waals surface area contributed by atoms with E-state index in [1.807, 2.05) is 11.0 Å². The van der Waals surface area contributed by atoms with E-state index in [-0.39, 0.29) is 5.78 Å². The van der Waals surface area contributed by atoms with Crippen LogP contribution in [-0.4, -0.2) is 47.7 Å². The van der Waals surface area contributed by atoms with Crippen LogP contribution < -0.4 is 0 Å². The largest absolute Gasteiger partial charge is 0.343 e. The lowest BCUT2D eigenvalue weighted by Gasteiger charge is -2.32. The molecule has 0 aromatic carbocycles. The number of piperidine rings is 1. The van der Waals surface area contributed by atoms with E-state index in [2.05, 4.69) is 10.3 Å². The van der Waals surface area contributed by atoms with Gasteiger partial charge in [-0.15, -0.1) is 11.3 Å². The molecular weight excluding hydrogens is 320 g/mol. The second kappa shape index (κ2) is 8.26. The molecule has 5 heteroatoms. The summed E-state index contributed by atoms with van der Waals surface area (Å²) in [6.45, 7) is 6.73. The molecule has 2 fully saturated rings. The van der Waals surface area contributed by atoms with Gasteiger partial charge >= 0.3 is 0 Å². The number of Topliss-reactive ketones (excluding diaryl/α,β-unsaturated/α-hetero) is 1. The fourth-order valence-electron chi connectivity index (χ4n) is 3.79. The number of hydrogen-bond acceptors (Lipinski definition) is 4. The van der Waals surface area contributed by atoms with Gasteiger partial charge in [0.1, 0.15) is 0 Å². The van der Waals surface area contributed by atoms with Gasteiger partial charge in [-0.05, 0) is 75.0 Å². The standard InChI is InChI=1S/C19H28N2O2S/c1-15(22)18-12-17(14-24-18)13-20-10-6-16(7-11-20)4-5-19(23)21-8-2-3-9-21/h12,14,16H,2-11,13H2,1H3. The number of ketones is 1. The Morgan fingerprint density at radius 3 is 2.50 bits per heavy atom.